The lowest BCUT2D eigenvalue weighted by Gasteiger charge is -2.04. The summed E-state index contributed by atoms with van der Waals surface area (Å²) in [5, 5.41) is 15.6. The van der Waals surface area contributed by atoms with Crippen molar-refractivity contribution in [3.05, 3.63) is 46.3 Å². The fourth-order valence-electron chi connectivity index (χ4n) is 1.95. The van der Waals surface area contributed by atoms with E-state index in [9.17, 15) is 4.79 Å². The van der Waals surface area contributed by atoms with E-state index >= 15 is 0 Å². The Morgan fingerprint density at radius 2 is 2.09 bits per heavy atom. The Morgan fingerprint density at radius 1 is 1.26 bits per heavy atom. The zero-order valence-electron chi connectivity index (χ0n) is 12.4. The number of benzene rings is 1. The van der Waals surface area contributed by atoms with Gasteiger partial charge in [-0.2, -0.15) is 0 Å². The van der Waals surface area contributed by atoms with Gasteiger partial charge in [-0.3, -0.25) is 5.32 Å². The minimum atomic E-state index is -0.384. The molecule has 3 rings (SSSR count). The summed E-state index contributed by atoms with van der Waals surface area (Å²) in [4.78, 5) is 16.0. The van der Waals surface area contributed by atoms with Crippen molar-refractivity contribution in [2.45, 2.75) is 13.3 Å². The van der Waals surface area contributed by atoms with Crippen LogP contribution in [0.2, 0.25) is 0 Å². The van der Waals surface area contributed by atoms with Gasteiger partial charge in [-0.15, -0.1) is 16.4 Å². The summed E-state index contributed by atoms with van der Waals surface area (Å²) < 4.78 is 5.37. The highest BCUT2D eigenvalue weighted by molar-refractivity contribution is 7.09. The number of nitrogens with one attached hydrogen (secondary N) is 2. The number of urea groups is 1. The molecule has 0 aliphatic rings. The maximum Gasteiger partial charge on any atom is 0.324 e. The summed E-state index contributed by atoms with van der Waals surface area (Å²) in [6, 6.07) is 9.58. The number of carbonyl (C=O) groups is 1. The molecule has 0 bridgehead atoms. The van der Waals surface area contributed by atoms with Crippen LogP contribution >= 0.6 is 11.3 Å². The lowest BCUT2D eigenvalue weighted by Crippen LogP contribution is -2.30. The average molecular weight is 329 g/mol. The Kier molecular flexibility index (Phi) is 4.62. The Labute approximate surface area is 136 Å². The number of aryl methyl sites for hydroxylation is 1. The van der Waals surface area contributed by atoms with Crippen LogP contribution in [0.5, 0.6) is 0 Å². The summed E-state index contributed by atoms with van der Waals surface area (Å²) in [5.74, 6) is 0.286. The van der Waals surface area contributed by atoms with Gasteiger partial charge in [0, 0.05) is 11.9 Å². The normalized spacial score (nSPS) is 10.5. The Balaban J connectivity index is 1.49. The molecule has 0 spiro atoms. The lowest BCUT2D eigenvalue weighted by molar-refractivity contribution is 0.251. The quantitative estimate of drug-likeness (QED) is 0.751. The maximum atomic E-state index is 11.8. The van der Waals surface area contributed by atoms with E-state index in [0.717, 1.165) is 17.0 Å². The lowest BCUT2D eigenvalue weighted by atomic mass is 10.1. The van der Waals surface area contributed by atoms with E-state index in [2.05, 4.69) is 25.8 Å². The third-order valence-electron chi connectivity index (χ3n) is 3.03. The second kappa shape index (κ2) is 7.01. The topological polar surface area (TPSA) is 92.9 Å². The SMILES string of the molecule is Cc1nc(-c2nnc(NC(=O)NCCc3ccccc3)o2)cs1. The van der Waals surface area contributed by atoms with Gasteiger partial charge >= 0.3 is 12.0 Å². The molecular weight excluding hydrogens is 314 g/mol. The van der Waals surface area contributed by atoms with Crippen molar-refractivity contribution in [2.75, 3.05) is 11.9 Å². The number of carbonyl (C=O) groups excluding carboxylic acids is 1. The zero-order valence-corrected chi connectivity index (χ0v) is 13.3. The largest absolute Gasteiger partial charge is 0.401 e. The van der Waals surface area contributed by atoms with Gasteiger partial charge in [-0.25, -0.2) is 9.78 Å². The molecule has 0 aliphatic heterocycles. The minimum absolute atomic E-state index is 0.0443. The molecule has 2 amide bonds. The van der Waals surface area contributed by atoms with Gasteiger partial charge < -0.3 is 9.73 Å². The third kappa shape index (κ3) is 4.13. The van der Waals surface area contributed by atoms with Crippen LogP contribution in [0.3, 0.4) is 0 Å². The Bertz CT molecular complexity index is 784. The van der Waals surface area contributed by atoms with Crippen molar-refractivity contribution in [2.24, 2.45) is 0 Å². The Morgan fingerprint density at radius 3 is 2.83 bits per heavy atom. The third-order valence-corrected chi connectivity index (χ3v) is 3.80. The van der Waals surface area contributed by atoms with Crippen LogP contribution < -0.4 is 10.6 Å². The van der Waals surface area contributed by atoms with E-state index in [1.54, 1.807) is 0 Å². The maximum absolute atomic E-state index is 11.8. The van der Waals surface area contributed by atoms with E-state index in [1.807, 2.05) is 42.6 Å². The van der Waals surface area contributed by atoms with Gasteiger partial charge in [0.05, 0.1) is 5.01 Å². The van der Waals surface area contributed by atoms with Gasteiger partial charge in [0.1, 0.15) is 5.69 Å². The highest BCUT2D eigenvalue weighted by atomic mass is 32.1. The molecule has 2 heterocycles. The van der Waals surface area contributed by atoms with Crippen LogP contribution in [0.25, 0.3) is 11.6 Å². The first kappa shape index (κ1) is 15.2. The summed E-state index contributed by atoms with van der Waals surface area (Å²) in [7, 11) is 0. The first-order valence-electron chi connectivity index (χ1n) is 7.05. The highest BCUT2D eigenvalue weighted by Gasteiger charge is 2.13. The fourth-order valence-corrected chi connectivity index (χ4v) is 2.53. The number of nitrogens with zero attached hydrogens (tertiary/aromatic N) is 3. The predicted molar refractivity (Wildman–Crippen MR) is 87.3 cm³/mol. The molecule has 7 nitrogen and oxygen atoms in total. The highest BCUT2D eigenvalue weighted by Crippen LogP contribution is 2.21. The molecule has 0 aliphatic carbocycles. The van der Waals surface area contributed by atoms with Crippen molar-refractivity contribution in [1.29, 1.82) is 0 Å². The second-order valence-electron chi connectivity index (χ2n) is 4.78. The van der Waals surface area contributed by atoms with E-state index < -0.39 is 0 Å². The van der Waals surface area contributed by atoms with Crippen LogP contribution in [0.1, 0.15) is 10.6 Å². The fraction of sp³-hybridized carbons (Fsp3) is 0.200. The Hall–Kier alpha value is -2.74. The molecule has 118 valence electrons. The van der Waals surface area contributed by atoms with Crippen molar-refractivity contribution in [3.8, 4) is 11.6 Å². The summed E-state index contributed by atoms with van der Waals surface area (Å²) >= 11 is 1.49. The smallest absolute Gasteiger partial charge is 0.324 e. The summed E-state index contributed by atoms with van der Waals surface area (Å²) in [6.45, 7) is 2.41. The van der Waals surface area contributed by atoms with Gasteiger partial charge in [-0.05, 0) is 18.9 Å². The monoisotopic (exact) mass is 329 g/mol. The van der Waals surface area contributed by atoms with Crippen molar-refractivity contribution < 1.29 is 9.21 Å². The van der Waals surface area contributed by atoms with Gasteiger partial charge in [0.2, 0.25) is 0 Å². The molecule has 2 aromatic heterocycles. The van der Waals surface area contributed by atoms with Crippen LogP contribution in [-0.4, -0.2) is 27.8 Å². The molecular formula is C15H15N5O2S. The molecule has 2 N–H and O–H groups in total. The molecule has 0 fully saturated rings. The summed E-state index contributed by atoms with van der Waals surface area (Å²) in [5.41, 5.74) is 1.77. The molecule has 0 saturated heterocycles. The number of anilines is 1. The van der Waals surface area contributed by atoms with Crippen molar-refractivity contribution in [1.82, 2.24) is 20.5 Å². The van der Waals surface area contributed by atoms with E-state index in [0.29, 0.717) is 12.2 Å². The van der Waals surface area contributed by atoms with Gasteiger partial charge in [0.15, 0.2) is 0 Å². The van der Waals surface area contributed by atoms with Gasteiger partial charge in [-0.1, -0.05) is 35.4 Å². The predicted octanol–water partition coefficient (Wildman–Crippen LogP) is 2.87. The molecule has 8 heteroatoms. The molecule has 0 saturated carbocycles. The number of hydrogen-bond donors (Lipinski definition) is 2. The molecule has 1 aromatic carbocycles. The minimum Gasteiger partial charge on any atom is -0.401 e. The van der Waals surface area contributed by atoms with Gasteiger partial charge in [0.25, 0.3) is 5.89 Å². The van der Waals surface area contributed by atoms with Crippen molar-refractivity contribution >= 4 is 23.4 Å². The van der Waals surface area contributed by atoms with Crippen molar-refractivity contribution in [3.63, 3.8) is 0 Å². The first-order chi connectivity index (χ1) is 11.2. The number of rotatable bonds is 5. The van der Waals surface area contributed by atoms with E-state index in [-0.39, 0.29) is 17.9 Å². The number of aromatic nitrogens is 3. The van der Waals surface area contributed by atoms with Crippen LogP contribution in [0.4, 0.5) is 10.8 Å². The summed E-state index contributed by atoms with van der Waals surface area (Å²) in [6.07, 6.45) is 0.751. The van der Waals surface area contributed by atoms with Crippen LogP contribution in [0, 0.1) is 6.92 Å². The molecule has 0 atom stereocenters. The molecule has 0 radical (unpaired) electrons. The van der Waals surface area contributed by atoms with Crippen LogP contribution in [0.15, 0.2) is 40.1 Å². The average Bonchev–Trinajstić information content (AvgIpc) is 3.17. The second-order valence-corrected chi connectivity index (χ2v) is 5.84. The number of amides is 2. The first-order valence-corrected chi connectivity index (χ1v) is 7.93. The zero-order chi connectivity index (χ0) is 16.1. The van der Waals surface area contributed by atoms with E-state index in [1.165, 1.54) is 11.3 Å². The van der Waals surface area contributed by atoms with E-state index in [4.69, 9.17) is 4.42 Å². The molecule has 3 aromatic rings. The molecule has 23 heavy (non-hydrogen) atoms. The number of thiazole rings is 1. The number of hydrogen-bond acceptors (Lipinski definition) is 6. The molecule has 0 unspecified atom stereocenters. The van der Waals surface area contributed by atoms with Crippen LogP contribution in [-0.2, 0) is 6.42 Å². The standard InChI is InChI=1S/C15H15N5O2S/c1-10-17-12(9-23-10)13-19-20-15(22-13)18-14(21)16-8-7-11-5-3-2-4-6-11/h2-6,9H,7-8H2,1H3,(H2,16,18,20,21).